The van der Waals surface area contributed by atoms with Gasteiger partial charge in [0.2, 0.25) is 0 Å². The van der Waals surface area contributed by atoms with E-state index in [4.69, 9.17) is 0 Å². The number of rotatable bonds is 4. The summed E-state index contributed by atoms with van der Waals surface area (Å²) in [6.07, 6.45) is 4.48. The largest absolute Gasteiger partial charge is 0.323 e. The molecule has 2 nitrogen and oxygen atoms in total. The maximum atomic E-state index is 2.46. The van der Waals surface area contributed by atoms with Crippen molar-refractivity contribution in [3.8, 4) is 0 Å². The quantitative estimate of drug-likeness (QED) is 0.601. The first-order valence-corrected chi connectivity index (χ1v) is 9.70. The molecule has 0 aromatic heterocycles. The molecule has 138 valence electrons. The molecule has 1 heterocycles. The second kappa shape index (κ2) is 6.83. The molecule has 2 heteroatoms. The van der Waals surface area contributed by atoms with Gasteiger partial charge >= 0.3 is 0 Å². The van der Waals surface area contributed by atoms with E-state index in [1.165, 1.54) is 28.1 Å². The van der Waals surface area contributed by atoms with Gasteiger partial charge in [0.15, 0.2) is 0 Å². The van der Waals surface area contributed by atoms with Gasteiger partial charge in [-0.15, -0.1) is 0 Å². The first-order valence-electron chi connectivity index (χ1n) is 9.70. The first-order chi connectivity index (χ1) is 12.2. The summed E-state index contributed by atoms with van der Waals surface area (Å²) in [4.78, 5) is 4.85. The van der Waals surface area contributed by atoms with Crippen LogP contribution >= 0.6 is 0 Å². The Morgan fingerprint density at radius 1 is 0.731 bits per heavy atom. The zero-order valence-corrected chi connectivity index (χ0v) is 17.2. The SMILES string of the molecule is Cc1ccccc1N1C=CN(c2c(C(C)C)cccc2C(C)C)C1(C)C. The van der Waals surface area contributed by atoms with Crippen LogP contribution < -0.4 is 9.80 Å². The Labute approximate surface area is 159 Å². The summed E-state index contributed by atoms with van der Waals surface area (Å²) in [5.74, 6) is 0.973. The molecule has 2 aromatic carbocycles. The Hall–Kier alpha value is -2.22. The molecule has 0 atom stereocenters. The Bertz CT molecular complexity index is 788. The highest BCUT2D eigenvalue weighted by atomic mass is 15.4. The van der Waals surface area contributed by atoms with E-state index in [2.05, 4.69) is 113 Å². The molecule has 0 saturated heterocycles. The van der Waals surface area contributed by atoms with Gasteiger partial charge in [-0.2, -0.15) is 0 Å². The maximum absolute atomic E-state index is 2.46. The predicted molar refractivity (Wildman–Crippen MR) is 114 cm³/mol. The summed E-state index contributed by atoms with van der Waals surface area (Å²) in [5, 5.41) is 0. The highest BCUT2D eigenvalue weighted by Gasteiger charge is 2.38. The number of hydrogen-bond donors (Lipinski definition) is 0. The van der Waals surface area contributed by atoms with Crippen molar-refractivity contribution in [3.63, 3.8) is 0 Å². The second-order valence-electron chi connectivity index (χ2n) is 8.41. The van der Waals surface area contributed by atoms with E-state index in [1.54, 1.807) is 0 Å². The van der Waals surface area contributed by atoms with Gasteiger partial charge in [-0.1, -0.05) is 64.1 Å². The number of nitrogens with zero attached hydrogens (tertiary/aromatic N) is 2. The van der Waals surface area contributed by atoms with Crippen LogP contribution in [-0.2, 0) is 0 Å². The van der Waals surface area contributed by atoms with Gasteiger partial charge in [-0.05, 0) is 55.4 Å². The molecule has 0 spiro atoms. The van der Waals surface area contributed by atoms with Crippen molar-refractivity contribution in [2.75, 3.05) is 9.80 Å². The van der Waals surface area contributed by atoms with Crippen LogP contribution in [0.2, 0.25) is 0 Å². The number of hydrogen-bond acceptors (Lipinski definition) is 2. The van der Waals surface area contributed by atoms with Crippen molar-refractivity contribution in [1.29, 1.82) is 0 Å². The third kappa shape index (κ3) is 3.02. The Morgan fingerprint density at radius 2 is 1.27 bits per heavy atom. The van der Waals surface area contributed by atoms with Crippen molar-refractivity contribution >= 4 is 11.4 Å². The fraction of sp³-hybridized carbons (Fsp3) is 0.417. The third-order valence-electron chi connectivity index (χ3n) is 5.50. The summed E-state index contributed by atoms with van der Waals surface area (Å²) < 4.78 is 0. The number of aryl methyl sites for hydroxylation is 1. The molecule has 0 fully saturated rings. The van der Waals surface area contributed by atoms with Crippen LogP contribution in [0.25, 0.3) is 0 Å². The fourth-order valence-corrected chi connectivity index (χ4v) is 3.96. The average molecular weight is 349 g/mol. The van der Waals surface area contributed by atoms with Gasteiger partial charge in [-0.25, -0.2) is 0 Å². The average Bonchev–Trinajstić information content (AvgIpc) is 2.89. The van der Waals surface area contributed by atoms with E-state index < -0.39 is 0 Å². The van der Waals surface area contributed by atoms with Crippen LogP contribution in [0.1, 0.15) is 70.1 Å². The topological polar surface area (TPSA) is 6.48 Å². The van der Waals surface area contributed by atoms with Crippen LogP contribution in [0.3, 0.4) is 0 Å². The van der Waals surface area contributed by atoms with E-state index in [0.29, 0.717) is 11.8 Å². The zero-order valence-electron chi connectivity index (χ0n) is 17.2. The monoisotopic (exact) mass is 348 g/mol. The first kappa shape index (κ1) is 18.6. The standard InChI is InChI=1S/C24H32N2/c1-17(2)20-12-10-13-21(18(3)4)23(20)26-16-15-25(24(26,6)7)22-14-9-8-11-19(22)5/h8-18H,1-7H3. The van der Waals surface area contributed by atoms with Gasteiger partial charge in [0.25, 0.3) is 0 Å². The van der Waals surface area contributed by atoms with Crippen LogP contribution in [-0.4, -0.2) is 5.66 Å². The molecule has 0 unspecified atom stereocenters. The molecule has 0 bridgehead atoms. The lowest BCUT2D eigenvalue weighted by Crippen LogP contribution is -2.49. The summed E-state index contributed by atoms with van der Waals surface area (Å²) in [7, 11) is 0. The van der Waals surface area contributed by atoms with Crippen molar-refractivity contribution in [3.05, 3.63) is 71.6 Å². The Kier molecular flexibility index (Phi) is 4.88. The molecule has 0 aliphatic carbocycles. The minimum absolute atomic E-state index is 0.166. The van der Waals surface area contributed by atoms with Gasteiger partial charge in [-0.3, -0.25) is 0 Å². The molecular weight excluding hydrogens is 316 g/mol. The normalized spacial score (nSPS) is 16.2. The minimum Gasteiger partial charge on any atom is -0.323 e. The lowest BCUT2D eigenvalue weighted by Gasteiger charge is -2.43. The lowest BCUT2D eigenvalue weighted by atomic mass is 9.91. The zero-order chi connectivity index (χ0) is 19.1. The van der Waals surface area contributed by atoms with Crippen molar-refractivity contribution in [2.45, 2.75) is 66.0 Å². The third-order valence-corrected chi connectivity index (χ3v) is 5.50. The summed E-state index contributed by atoms with van der Waals surface area (Å²) in [6, 6.07) is 15.4. The fourth-order valence-electron chi connectivity index (χ4n) is 3.96. The molecular formula is C24H32N2. The van der Waals surface area contributed by atoms with Gasteiger partial charge in [0.1, 0.15) is 5.66 Å². The molecule has 2 aromatic rings. The van der Waals surface area contributed by atoms with Crippen LogP contribution in [0.15, 0.2) is 54.9 Å². The second-order valence-corrected chi connectivity index (χ2v) is 8.41. The molecule has 0 saturated carbocycles. The highest BCUT2D eigenvalue weighted by molar-refractivity contribution is 5.71. The summed E-state index contributed by atoms with van der Waals surface area (Å²) >= 11 is 0. The van der Waals surface area contributed by atoms with E-state index >= 15 is 0 Å². The van der Waals surface area contributed by atoms with E-state index in [9.17, 15) is 0 Å². The molecule has 0 radical (unpaired) electrons. The Morgan fingerprint density at radius 3 is 1.81 bits per heavy atom. The highest BCUT2D eigenvalue weighted by Crippen LogP contribution is 2.43. The lowest BCUT2D eigenvalue weighted by molar-refractivity contribution is 0.527. The molecule has 0 amide bonds. The van der Waals surface area contributed by atoms with E-state index in [1.807, 2.05) is 0 Å². The van der Waals surface area contributed by atoms with Gasteiger partial charge in [0.05, 0.1) is 0 Å². The van der Waals surface area contributed by atoms with E-state index in [-0.39, 0.29) is 5.66 Å². The number of benzene rings is 2. The smallest absolute Gasteiger partial charge is 0.115 e. The molecule has 0 N–H and O–H groups in total. The van der Waals surface area contributed by atoms with Crippen molar-refractivity contribution in [2.24, 2.45) is 0 Å². The predicted octanol–water partition coefficient (Wildman–Crippen LogP) is 6.78. The summed E-state index contributed by atoms with van der Waals surface area (Å²) in [5.41, 5.74) is 6.61. The Balaban J connectivity index is 2.12. The maximum Gasteiger partial charge on any atom is 0.115 e. The molecule has 3 rings (SSSR count). The number of para-hydroxylation sites is 2. The van der Waals surface area contributed by atoms with Crippen molar-refractivity contribution in [1.82, 2.24) is 0 Å². The van der Waals surface area contributed by atoms with Gasteiger partial charge in [0, 0.05) is 23.8 Å². The van der Waals surface area contributed by atoms with Gasteiger partial charge < -0.3 is 9.80 Å². The van der Waals surface area contributed by atoms with Crippen molar-refractivity contribution < 1.29 is 0 Å². The van der Waals surface area contributed by atoms with Crippen LogP contribution in [0.4, 0.5) is 11.4 Å². The van der Waals surface area contributed by atoms with Crippen LogP contribution in [0, 0.1) is 6.92 Å². The molecule has 1 aliphatic heterocycles. The van der Waals surface area contributed by atoms with Crippen LogP contribution in [0.5, 0.6) is 0 Å². The minimum atomic E-state index is -0.166. The molecule has 26 heavy (non-hydrogen) atoms. The number of anilines is 2. The molecule has 1 aliphatic rings. The summed E-state index contributed by atoms with van der Waals surface area (Å²) in [6.45, 7) is 15.9. The van der Waals surface area contributed by atoms with E-state index in [0.717, 1.165) is 0 Å².